The molecule has 0 atom stereocenters. The van der Waals surface area contributed by atoms with Crippen LogP contribution < -0.4 is 0 Å². The Hall–Kier alpha value is -1.07. The van der Waals surface area contributed by atoms with Crippen LogP contribution in [0, 0.1) is 17.5 Å². The topological polar surface area (TPSA) is 23.5 Å². The SMILES string of the molecule is CCN(CCO)Cc1cc(F)c(F)c(F)c1. The first-order valence-corrected chi connectivity index (χ1v) is 5.05. The zero-order valence-electron chi connectivity index (χ0n) is 9.01. The maximum atomic E-state index is 12.9. The monoisotopic (exact) mass is 233 g/mol. The molecule has 0 saturated carbocycles. The standard InChI is InChI=1S/C11H14F3NO/c1-2-15(3-4-16)7-8-5-9(12)11(14)10(13)6-8/h5-6,16H,2-4,7H2,1H3. The van der Waals surface area contributed by atoms with Gasteiger partial charge in [-0.2, -0.15) is 0 Å². The first kappa shape index (κ1) is 13.0. The Labute approximate surface area is 92.3 Å². The summed E-state index contributed by atoms with van der Waals surface area (Å²) in [5, 5.41) is 8.75. The number of hydrogen-bond acceptors (Lipinski definition) is 2. The molecule has 0 aliphatic heterocycles. The smallest absolute Gasteiger partial charge is 0.194 e. The van der Waals surface area contributed by atoms with Crippen LogP contribution in [-0.4, -0.2) is 29.7 Å². The molecule has 0 aliphatic carbocycles. The van der Waals surface area contributed by atoms with Crippen molar-refractivity contribution in [2.24, 2.45) is 0 Å². The number of likely N-dealkylation sites (N-methyl/N-ethyl adjacent to an activating group) is 1. The Kier molecular flexibility index (Phi) is 4.76. The molecule has 16 heavy (non-hydrogen) atoms. The molecule has 1 rings (SSSR count). The molecule has 1 N–H and O–H groups in total. The van der Waals surface area contributed by atoms with E-state index in [0.717, 1.165) is 12.1 Å². The summed E-state index contributed by atoms with van der Waals surface area (Å²) >= 11 is 0. The Morgan fingerprint density at radius 1 is 1.19 bits per heavy atom. The Morgan fingerprint density at radius 3 is 2.19 bits per heavy atom. The third-order valence-electron chi connectivity index (χ3n) is 2.31. The van der Waals surface area contributed by atoms with Crippen LogP contribution in [0.25, 0.3) is 0 Å². The lowest BCUT2D eigenvalue weighted by molar-refractivity contribution is 0.196. The van der Waals surface area contributed by atoms with Crippen LogP contribution in [0.2, 0.25) is 0 Å². The molecule has 0 unspecified atom stereocenters. The van der Waals surface area contributed by atoms with E-state index in [-0.39, 0.29) is 13.2 Å². The predicted octanol–water partition coefficient (Wildman–Crippen LogP) is 1.92. The summed E-state index contributed by atoms with van der Waals surface area (Å²) in [5.74, 6) is -3.82. The third kappa shape index (κ3) is 3.21. The Morgan fingerprint density at radius 2 is 1.75 bits per heavy atom. The average molecular weight is 233 g/mol. The van der Waals surface area contributed by atoms with Crippen molar-refractivity contribution in [1.29, 1.82) is 0 Å². The fourth-order valence-electron chi connectivity index (χ4n) is 1.45. The summed E-state index contributed by atoms with van der Waals surface area (Å²) in [6.45, 7) is 3.18. The highest BCUT2D eigenvalue weighted by Gasteiger charge is 2.12. The summed E-state index contributed by atoms with van der Waals surface area (Å²) in [6.07, 6.45) is 0. The van der Waals surface area contributed by atoms with Crippen LogP contribution >= 0.6 is 0 Å². The molecule has 0 heterocycles. The zero-order valence-corrected chi connectivity index (χ0v) is 9.01. The van der Waals surface area contributed by atoms with E-state index in [4.69, 9.17) is 5.11 Å². The number of aliphatic hydroxyl groups excluding tert-OH is 1. The van der Waals surface area contributed by atoms with E-state index >= 15 is 0 Å². The minimum atomic E-state index is -1.45. The fourth-order valence-corrected chi connectivity index (χ4v) is 1.45. The van der Waals surface area contributed by atoms with E-state index in [2.05, 4.69) is 0 Å². The molecule has 0 amide bonds. The van der Waals surface area contributed by atoms with Gasteiger partial charge in [0.1, 0.15) is 0 Å². The van der Waals surface area contributed by atoms with Crippen LogP contribution in [0.5, 0.6) is 0 Å². The highest BCUT2D eigenvalue weighted by molar-refractivity contribution is 5.19. The molecule has 0 radical (unpaired) electrons. The number of hydrogen-bond donors (Lipinski definition) is 1. The lowest BCUT2D eigenvalue weighted by atomic mass is 10.2. The van der Waals surface area contributed by atoms with E-state index in [1.165, 1.54) is 0 Å². The van der Waals surface area contributed by atoms with E-state index in [9.17, 15) is 13.2 Å². The van der Waals surface area contributed by atoms with Crippen molar-refractivity contribution in [2.75, 3.05) is 19.7 Å². The van der Waals surface area contributed by atoms with Crippen molar-refractivity contribution in [3.05, 3.63) is 35.1 Å². The van der Waals surface area contributed by atoms with Gasteiger partial charge in [-0.1, -0.05) is 6.92 Å². The Balaban J connectivity index is 2.80. The molecule has 0 fully saturated rings. The maximum Gasteiger partial charge on any atom is 0.194 e. The van der Waals surface area contributed by atoms with Crippen molar-refractivity contribution in [3.8, 4) is 0 Å². The normalized spacial score (nSPS) is 11.1. The van der Waals surface area contributed by atoms with Crippen molar-refractivity contribution in [1.82, 2.24) is 4.90 Å². The van der Waals surface area contributed by atoms with Gasteiger partial charge in [-0.05, 0) is 24.2 Å². The summed E-state index contributed by atoms with van der Waals surface area (Å²) in [4.78, 5) is 1.80. The first-order chi connectivity index (χ1) is 7.58. The summed E-state index contributed by atoms with van der Waals surface area (Å²) in [6, 6.07) is 1.94. The fraction of sp³-hybridized carbons (Fsp3) is 0.455. The molecular weight excluding hydrogens is 219 g/mol. The van der Waals surface area contributed by atoms with E-state index < -0.39 is 17.5 Å². The molecule has 0 spiro atoms. The molecule has 0 aromatic heterocycles. The van der Waals surface area contributed by atoms with Gasteiger partial charge < -0.3 is 5.11 Å². The summed E-state index contributed by atoms with van der Waals surface area (Å²) in [5.41, 5.74) is 0.353. The third-order valence-corrected chi connectivity index (χ3v) is 2.31. The summed E-state index contributed by atoms with van der Waals surface area (Å²) < 4.78 is 38.5. The first-order valence-electron chi connectivity index (χ1n) is 5.05. The largest absolute Gasteiger partial charge is 0.395 e. The van der Waals surface area contributed by atoms with Gasteiger partial charge in [-0.3, -0.25) is 4.90 Å². The van der Waals surface area contributed by atoms with E-state index in [0.29, 0.717) is 18.7 Å². The molecule has 90 valence electrons. The number of aliphatic hydroxyl groups is 1. The van der Waals surface area contributed by atoms with Crippen molar-refractivity contribution in [2.45, 2.75) is 13.5 Å². The molecule has 2 nitrogen and oxygen atoms in total. The molecule has 1 aromatic carbocycles. The van der Waals surface area contributed by atoms with Crippen molar-refractivity contribution >= 4 is 0 Å². The molecule has 0 bridgehead atoms. The van der Waals surface area contributed by atoms with Gasteiger partial charge in [-0.15, -0.1) is 0 Å². The number of rotatable bonds is 5. The zero-order chi connectivity index (χ0) is 12.1. The molecular formula is C11H14F3NO. The lowest BCUT2D eigenvalue weighted by Gasteiger charge is -2.19. The minimum absolute atomic E-state index is 0.0278. The molecule has 5 heteroatoms. The van der Waals surface area contributed by atoms with Crippen LogP contribution in [0.4, 0.5) is 13.2 Å². The van der Waals surface area contributed by atoms with Crippen LogP contribution in [0.3, 0.4) is 0 Å². The highest BCUT2D eigenvalue weighted by Crippen LogP contribution is 2.14. The average Bonchev–Trinajstić information content (AvgIpc) is 2.25. The molecule has 0 saturated heterocycles. The van der Waals surface area contributed by atoms with Gasteiger partial charge in [0.15, 0.2) is 17.5 Å². The minimum Gasteiger partial charge on any atom is -0.395 e. The Bertz CT molecular complexity index is 334. The highest BCUT2D eigenvalue weighted by atomic mass is 19.2. The second kappa shape index (κ2) is 5.86. The number of halogens is 3. The second-order valence-electron chi connectivity index (χ2n) is 3.47. The van der Waals surface area contributed by atoms with Gasteiger partial charge >= 0.3 is 0 Å². The van der Waals surface area contributed by atoms with Gasteiger partial charge in [0.25, 0.3) is 0 Å². The molecule has 1 aromatic rings. The van der Waals surface area contributed by atoms with Gasteiger partial charge in [-0.25, -0.2) is 13.2 Å². The van der Waals surface area contributed by atoms with Crippen LogP contribution in [0.15, 0.2) is 12.1 Å². The van der Waals surface area contributed by atoms with E-state index in [1.54, 1.807) is 4.90 Å². The second-order valence-corrected chi connectivity index (χ2v) is 3.47. The maximum absolute atomic E-state index is 12.9. The van der Waals surface area contributed by atoms with Crippen molar-refractivity contribution in [3.63, 3.8) is 0 Å². The predicted molar refractivity (Wildman–Crippen MR) is 54.4 cm³/mol. The van der Waals surface area contributed by atoms with Gasteiger partial charge in [0.2, 0.25) is 0 Å². The van der Waals surface area contributed by atoms with Gasteiger partial charge in [0.05, 0.1) is 6.61 Å². The molecule has 0 aliphatic rings. The van der Waals surface area contributed by atoms with E-state index in [1.807, 2.05) is 6.92 Å². The number of benzene rings is 1. The quantitative estimate of drug-likeness (QED) is 0.785. The van der Waals surface area contributed by atoms with Crippen LogP contribution in [-0.2, 0) is 6.54 Å². The lowest BCUT2D eigenvalue weighted by Crippen LogP contribution is -2.26. The van der Waals surface area contributed by atoms with Crippen molar-refractivity contribution < 1.29 is 18.3 Å². The van der Waals surface area contributed by atoms with Gasteiger partial charge in [0, 0.05) is 13.1 Å². The van der Waals surface area contributed by atoms with Crippen LogP contribution in [0.1, 0.15) is 12.5 Å². The summed E-state index contributed by atoms with van der Waals surface area (Å²) in [7, 11) is 0. The number of nitrogens with zero attached hydrogens (tertiary/aromatic N) is 1.